The Hall–Kier alpha value is -1.11. The normalized spacial score (nSPS) is 23.3. The highest BCUT2D eigenvalue weighted by Crippen LogP contribution is 2.37. The number of halogens is 1. The molecule has 0 saturated carbocycles. The molecule has 7 heteroatoms. The maximum atomic E-state index is 12.4. The number of rotatable bonds is 4. The van der Waals surface area contributed by atoms with Crippen molar-refractivity contribution in [3.8, 4) is 0 Å². The summed E-state index contributed by atoms with van der Waals surface area (Å²) in [5, 5.41) is 8.23. The fourth-order valence-electron chi connectivity index (χ4n) is 3.67. The number of carbonyl (C=O) groups excluding carboxylic acids is 1. The van der Waals surface area contributed by atoms with E-state index < -0.39 is 0 Å². The molecule has 128 valence electrons. The standard InChI is InChI=1S/C16H25ClN4O2/c1-11-15(16(17)20(2)19-11)13-4-3-7-21(13)10-14(22)18-12-5-8-23-9-6-12/h12-13H,3-10H2,1-2H3,(H,18,22)/t13-/m1/s1. The molecule has 0 spiro atoms. The van der Waals surface area contributed by atoms with Gasteiger partial charge < -0.3 is 10.1 Å². The van der Waals surface area contributed by atoms with Gasteiger partial charge in [0.05, 0.1) is 12.2 Å². The summed E-state index contributed by atoms with van der Waals surface area (Å²) in [5.41, 5.74) is 2.03. The molecular weight excluding hydrogens is 316 g/mol. The minimum atomic E-state index is 0.0986. The minimum absolute atomic E-state index is 0.0986. The number of nitrogens with one attached hydrogen (secondary N) is 1. The Morgan fingerprint density at radius 1 is 1.39 bits per heavy atom. The third-order valence-corrected chi connectivity index (χ3v) is 5.27. The molecule has 0 aliphatic carbocycles. The molecule has 0 unspecified atom stereocenters. The summed E-state index contributed by atoms with van der Waals surface area (Å²) in [7, 11) is 1.86. The smallest absolute Gasteiger partial charge is 0.234 e. The first-order chi connectivity index (χ1) is 11.1. The Kier molecular flexibility index (Phi) is 5.24. The number of aryl methyl sites for hydroxylation is 2. The zero-order valence-corrected chi connectivity index (χ0v) is 14.6. The second-order valence-corrected chi connectivity index (χ2v) is 6.85. The molecule has 1 aromatic heterocycles. The van der Waals surface area contributed by atoms with E-state index in [1.165, 1.54) is 0 Å². The Morgan fingerprint density at radius 2 is 2.13 bits per heavy atom. The quantitative estimate of drug-likeness (QED) is 0.908. The molecule has 6 nitrogen and oxygen atoms in total. The van der Waals surface area contributed by atoms with Crippen LogP contribution in [-0.4, -0.2) is 52.9 Å². The number of hydrogen-bond acceptors (Lipinski definition) is 4. The maximum absolute atomic E-state index is 12.4. The summed E-state index contributed by atoms with van der Waals surface area (Å²) in [4.78, 5) is 14.6. The van der Waals surface area contributed by atoms with Gasteiger partial charge in [0.25, 0.3) is 0 Å². The summed E-state index contributed by atoms with van der Waals surface area (Å²) in [6, 6.07) is 0.442. The number of aromatic nitrogens is 2. The van der Waals surface area contributed by atoms with Crippen LogP contribution < -0.4 is 5.32 Å². The van der Waals surface area contributed by atoms with Crippen LogP contribution in [0.5, 0.6) is 0 Å². The lowest BCUT2D eigenvalue weighted by Crippen LogP contribution is -2.44. The predicted octanol–water partition coefficient (Wildman–Crippen LogP) is 1.81. The first-order valence-corrected chi connectivity index (χ1v) is 8.74. The van der Waals surface area contributed by atoms with Crippen molar-refractivity contribution in [1.29, 1.82) is 0 Å². The number of carbonyl (C=O) groups is 1. The van der Waals surface area contributed by atoms with Gasteiger partial charge in [-0.3, -0.25) is 14.4 Å². The maximum Gasteiger partial charge on any atom is 0.234 e. The van der Waals surface area contributed by atoms with Crippen molar-refractivity contribution in [3.05, 3.63) is 16.4 Å². The van der Waals surface area contributed by atoms with Crippen LogP contribution >= 0.6 is 11.6 Å². The van der Waals surface area contributed by atoms with Crippen LogP contribution in [0.1, 0.15) is 43.0 Å². The van der Waals surface area contributed by atoms with E-state index in [2.05, 4.69) is 15.3 Å². The van der Waals surface area contributed by atoms with E-state index in [9.17, 15) is 4.79 Å². The molecule has 0 aromatic carbocycles. The second-order valence-electron chi connectivity index (χ2n) is 6.50. The van der Waals surface area contributed by atoms with E-state index in [0.29, 0.717) is 11.7 Å². The molecule has 1 atom stereocenters. The highest BCUT2D eigenvalue weighted by Gasteiger charge is 2.32. The monoisotopic (exact) mass is 340 g/mol. The zero-order valence-electron chi connectivity index (χ0n) is 13.8. The Bertz CT molecular complexity index is 569. The SMILES string of the molecule is Cc1nn(C)c(Cl)c1[C@H]1CCCN1CC(=O)NC1CCOCC1. The van der Waals surface area contributed by atoms with Gasteiger partial charge >= 0.3 is 0 Å². The lowest BCUT2D eigenvalue weighted by molar-refractivity contribution is -0.123. The molecule has 3 rings (SSSR count). The molecule has 0 bridgehead atoms. The lowest BCUT2D eigenvalue weighted by Gasteiger charge is -2.27. The lowest BCUT2D eigenvalue weighted by atomic mass is 10.1. The number of nitrogens with zero attached hydrogens (tertiary/aromatic N) is 3. The first-order valence-electron chi connectivity index (χ1n) is 8.36. The summed E-state index contributed by atoms with van der Waals surface area (Å²) in [6.07, 6.45) is 3.92. The molecule has 3 heterocycles. The van der Waals surface area contributed by atoms with Gasteiger partial charge in [-0.25, -0.2) is 0 Å². The zero-order chi connectivity index (χ0) is 16.4. The van der Waals surface area contributed by atoms with E-state index in [1.54, 1.807) is 4.68 Å². The van der Waals surface area contributed by atoms with Crippen molar-refractivity contribution < 1.29 is 9.53 Å². The average molecular weight is 341 g/mol. The van der Waals surface area contributed by atoms with Crippen LogP contribution in [0.4, 0.5) is 0 Å². The van der Waals surface area contributed by atoms with Crippen molar-refractivity contribution in [1.82, 2.24) is 20.0 Å². The molecule has 23 heavy (non-hydrogen) atoms. The summed E-state index contributed by atoms with van der Waals surface area (Å²) in [6.45, 7) is 4.81. The van der Waals surface area contributed by atoms with Crippen LogP contribution in [0.15, 0.2) is 0 Å². The van der Waals surface area contributed by atoms with Crippen LogP contribution in [0.3, 0.4) is 0 Å². The molecule has 1 aromatic rings. The van der Waals surface area contributed by atoms with Crippen LogP contribution in [-0.2, 0) is 16.6 Å². The Morgan fingerprint density at radius 3 is 2.78 bits per heavy atom. The molecule has 2 fully saturated rings. The van der Waals surface area contributed by atoms with Crippen LogP contribution in [0.25, 0.3) is 0 Å². The molecule has 1 N–H and O–H groups in total. The van der Waals surface area contributed by atoms with Crippen molar-refractivity contribution in [2.75, 3.05) is 26.3 Å². The van der Waals surface area contributed by atoms with Crippen molar-refractivity contribution in [2.24, 2.45) is 7.05 Å². The highest BCUT2D eigenvalue weighted by atomic mass is 35.5. The average Bonchev–Trinajstić information content (AvgIpc) is 3.05. The topological polar surface area (TPSA) is 59.4 Å². The minimum Gasteiger partial charge on any atom is -0.381 e. The van der Waals surface area contributed by atoms with E-state index in [4.69, 9.17) is 16.3 Å². The van der Waals surface area contributed by atoms with Gasteiger partial charge in [-0.05, 0) is 39.2 Å². The molecule has 1 amide bonds. The number of hydrogen-bond donors (Lipinski definition) is 1. The van der Waals surface area contributed by atoms with Gasteiger partial charge in [0.2, 0.25) is 5.91 Å². The number of ether oxygens (including phenoxy) is 1. The first kappa shape index (κ1) is 16.7. The molecule has 0 radical (unpaired) electrons. The van der Waals surface area contributed by atoms with E-state index in [0.717, 1.165) is 56.7 Å². The van der Waals surface area contributed by atoms with Gasteiger partial charge in [-0.1, -0.05) is 11.6 Å². The summed E-state index contributed by atoms with van der Waals surface area (Å²) < 4.78 is 7.05. The molecule has 2 aliphatic heterocycles. The largest absolute Gasteiger partial charge is 0.381 e. The number of amides is 1. The van der Waals surface area contributed by atoms with Crippen molar-refractivity contribution >= 4 is 17.5 Å². The fraction of sp³-hybridized carbons (Fsp3) is 0.750. The van der Waals surface area contributed by atoms with Crippen molar-refractivity contribution in [2.45, 2.75) is 44.7 Å². The predicted molar refractivity (Wildman–Crippen MR) is 88.5 cm³/mol. The van der Waals surface area contributed by atoms with Crippen molar-refractivity contribution in [3.63, 3.8) is 0 Å². The Balaban J connectivity index is 1.63. The van der Waals surface area contributed by atoms with E-state index >= 15 is 0 Å². The van der Waals surface area contributed by atoms with E-state index in [1.807, 2.05) is 14.0 Å². The van der Waals surface area contributed by atoms with E-state index in [-0.39, 0.29) is 18.0 Å². The fourth-order valence-corrected chi connectivity index (χ4v) is 3.97. The highest BCUT2D eigenvalue weighted by molar-refractivity contribution is 6.30. The molecule has 2 saturated heterocycles. The third-order valence-electron chi connectivity index (χ3n) is 4.83. The molecular formula is C16H25ClN4O2. The Labute approximate surface area is 142 Å². The van der Waals surface area contributed by atoms with Gasteiger partial charge in [-0.15, -0.1) is 0 Å². The van der Waals surface area contributed by atoms with Crippen LogP contribution in [0, 0.1) is 6.92 Å². The summed E-state index contributed by atoms with van der Waals surface area (Å²) >= 11 is 6.41. The second kappa shape index (κ2) is 7.20. The molecule has 2 aliphatic rings. The summed E-state index contributed by atoms with van der Waals surface area (Å²) in [5.74, 6) is 0.0986. The third kappa shape index (κ3) is 3.70. The van der Waals surface area contributed by atoms with Gasteiger partial charge in [0, 0.05) is 37.9 Å². The van der Waals surface area contributed by atoms with Gasteiger partial charge in [-0.2, -0.15) is 5.10 Å². The number of likely N-dealkylation sites (tertiary alicyclic amines) is 1. The van der Waals surface area contributed by atoms with Gasteiger partial charge in [0.1, 0.15) is 5.15 Å². The van der Waals surface area contributed by atoms with Gasteiger partial charge in [0.15, 0.2) is 0 Å². The van der Waals surface area contributed by atoms with Crippen LogP contribution in [0.2, 0.25) is 5.15 Å².